The van der Waals surface area contributed by atoms with Crippen LogP contribution in [0.1, 0.15) is 12.8 Å². The summed E-state index contributed by atoms with van der Waals surface area (Å²) < 4.78 is 6.38. The number of aryl methyl sites for hydroxylation is 1. The zero-order valence-corrected chi connectivity index (χ0v) is 11.1. The van der Waals surface area contributed by atoms with Gasteiger partial charge in [0, 0.05) is 27.3 Å². The van der Waals surface area contributed by atoms with Crippen LogP contribution in [0.2, 0.25) is 0 Å². The molecule has 1 saturated heterocycles. The molecule has 8 heteroatoms. The Morgan fingerprint density at radius 1 is 1.37 bits per heavy atom. The van der Waals surface area contributed by atoms with Gasteiger partial charge in [-0.05, 0) is 12.8 Å². The Labute approximate surface area is 110 Å². The highest BCUT2D eigenvalue weighted by Crippen LogP contribution is 2.16. The molecule has 0 spiro atoms. The van der Waals surface area contributed by atoms with Gasteiger partial charge in [0.05, 0.1) is 0 Å². The van der Waals surface area contributed by atoms with Crippen LogP contribution in [0.4, 0.5) is 11.8 Å². The fraction of sp³-hybridized carbons (Fsp3) is 0.545. The molecule has 3 rings (SSSR count). The maximum atomic E-state index is 11.3. The monoisotopic (exact) mass is 266 g/mol. The van der Waals surface area contributed by atoms with Crippen LogP contribution in [-0.4, -0.2) is 39.8 Å². The lowest BCUT2D eigenvalue weighted by Gasteiger charge is -2.02. The molecule has 0 aromatic carbocycles. The van der Waals surface area contributed by atoms with Crippen molar-refractivity contribution in [1.29, 1.82) is 0 Å². The summed E-state index contributed by atoms with van der Waals surface area (Å²) in [7, 11) is 3.35. The van der Waals surface area contributed by atoms with Gasteiger partial charge in [0.1, 0.15) is 5.52 Å². The van der Waals surface area contributed by atoms with Gasteiger partial charge in [-0.15, -0.1) is 0 Å². The number of nitrogens with zero attached hydrogens (tertiary/aromatic N) is 3. The predicted octanol–water partition coefficient (Wildman–Crippen LogP) is 0.0773. The number of aromatic nitrogens is 4. The first kappa shape index (κ1) is 13.3. The number of H-pyrrole nitrogens is 1. The van der Waals surface area contributed by atoms with E-state index in [0.717, 1.165) is 13.2 Å². The average Bonchev–Trinajstić information content (AvgIpc) is 3.02. The second-order valence-corrected chi connectivity index (χ2v) is 4.19. The van der Waals surface area contributed by atoms with E-state index in [0.29, 0.717) is 17.0 Å². The van der Waals surface area contributed by atoms with Gasteiger partial charge in [-0.25, -0.2) is 4.79 Å². The number of anilines is 2. The number of rotatable bonds is 1. The molecule has 1 fully saturated rings. The molecular weight excluding hydrogens is 248 g/mol. The number of nitrogens with one attached hydrogen (secondary N) is 2. The summed E-state index contributed by atoms with van der Waals surface area (Å²) in [5.41, 5.74) is 6.28. The molecule has 1 aliphatic rings. The summed E-state index contributed by atoms with van der Waals surface area (Å²) in [6.07, 6.45) is 2.56. The minimum absolute atomic E-state index is 0.128. The van der Waals surface area contributed by atoms with Crippen molar-refractivity contribution >= 4 is 22.9 Å². The fourth-order valence-corrected chi connectivity index (χ4v) is 1.85. The van der Waals surface area contributed by atoms with E-state index in [2.05, 4.69) is 20.3 Å². The Hall–Kier alpha value is -2.09. The van der Waals surface area contributed by atoms with Crippen molar-refractivity contribution in [3.05, 3.63) is 10.5 Å². The first-order chi connectivity index (χ1) is 9.13. The molecule has 4 N–H and O–H groups in total. The molecule has 8 nitrogen and oxygen atoms in total. The summed E-state index contributed by atoms with van der Waals surface area (Å²) in [6, 6.07) is 0. The topological polar surface area (TPSA) is 111 Å². The maximum Gasteiger partial charge on any atom is 0.327 e. The molecule has 0 amide bonds. The SMILES string of the molecule is C1CCOC1.CNc1nc(N)nc2[nH]c(=O)n(C)c12. The third kappa shape index (κ3) is 2.84. The summed E-state index contributed by atoms with van der Waals surface area (Å²) in [4.78, 5) is 21.8. The minimum Gasteiger partial charge on any atom is -0.381 e. The number of hydrogen-bond donors (Lipinski definition) is 3. The molecule has 0 aliphatic carbocycles. The third-order valence-corrected chi connectivity index (χ3v) is 2.83. The highest BCUT2D eigenvalue weighted by atomic mass is 16.5. The van der Waals surface area contributed by atoms with Gasteiger partial charge in [0.15, 0.2) is 11.5 Å². The van der Waals surface area contributed by atoms with Crippen LogP contribution in [-0.2, 0) is 11.8 Å². The van der Waals surface area contributed by atoms with E-state index in [1.54, 1.807) is 14.1 Å². The Bertz CT molecular complexity index is 606. The molecule has 0 atom stereocenters. The predicted molar refractivity (Wildman–Crippen MR) is 73.1 cm³/mol. The minimum atomic E-state index is -0.239. The van der Waals surface area contributed by atoms with Crippen LogP contribution in [0.3, 0.4) is 0 Å². The molecule has 104 valence electrons. The largest absolute Gasteiger partial charge is 0.381 e. The van der Waals surface area contributed by atoms with Crippen LogP contribution in [0.15, 0.2) is 4.79 Å². The van der Waals surface area contributed by atoms with E-state index >= 15 is 0 Å². The van der Waals surface area contributed by atoms with E-state index < -0.39 is 0 Å². The van der Waals surface area contributed by atoms with Crippen molar-refractivity contribution in [3.8, 4) is 0 Å². The van der Waals surface area contributed by atoms with Crippen molar-refractivity contribution < 1.29 is 4.74 Å². The number of hydrogen-bond acceptors (Lipinski definition) is 6. The lowest BCUT2D eigenvalue weighted by atomic mass is 10.4. The van der Waals surface area contributed by atoms with E-state index in [4.69, 9.17) is 10.5 Å². The zero-order chi connectivity index (χ0) is 13.8. The first-order valence-electron chi connectivity index (χ1n) is 6.11. The van der Waals surface area contributed by atoms with Crippen LogP contribution in [0.25, 0.3) is 11.2 Å². The molecule has 0 saturated carbocycles. The Morgan fingerprint density at radius 3 is 2.58 bits per heavy atom. The number of aromatic amines is 1. The van der Waals surface area contributed by atoms with Crippen LogP contribution in [0.5, 0.6) is 0 Å². The Morgan fingerprint density at radius 2 is 2.05 bits per heavy atom. The van der Waals surface area contributed by atoms with Gasteiger partial charge in [-0.2, -0.15) is 9.97 Å². The van der Waals surface area contributed by atoms with Gasteiger partial charge in [0.2, 0.25) is 5.95 Å². The maximum absolute atomic E-state index is 11.3. The van der Waals surface area contributed by atoms with Crippen molar-refractivity contribution in [3.63, 3.8) is 0 Å². The van der Waals surface area contributed by atoms with Gasteiger partial charge >= 0.3 is 5.69 Å². The number of ether oxygens (including phenoxy) is 1. The van der Waals surface area contributed by atoms with Gasteiger partial charge in [-0.1, -0.05) is 0 Å². The van der Waals surface area contributed by atoms with Gasteiger partial charge in [0.25, 0.3) is 0 Å². The highest BCUT2D eigenvalue weighted by molar-refractivity contribution is 5.84. The van der Waals surface area contributed by atoms with E-state index in [-0.39, 0.29) is 11.6 Å². The van der Waals surface area contributed by atoms with Crippen molar-refractivity contribution in [2.75, 3.05) is 31.3 Å². The standard InChI is InChI=1S/C7H10N6O.C4H8O/c1-9-4-3-5(11-6(8)10-4)12-7(14)13(3)2;1-2-4-5-3-1/h1-2H3,(H4,8,9,10,11,12,14);1-4H2. The lowest BCUT2D eigenvalue weighted by molar-refractivity contribution is 0.198. The van der Waals surface area contributed by atoms with Gasteiger partial charge < -0.3 is 15.8 Å². The number of nitrogens with two attached hydrogens (primary N) is 1. The quantitative estimate of drug-likeness (QED) is 0.674. The molecule has 2 aromatic heterocycles. The summed E-state index contributed by atoms with van der Waals surface area (Å²) in [5, 5.41) is 2.85. The second-order valence-electron chi connectivity index (χ2n) is 4.19. The molecule has 19 heavy (non-hydrogen) atoms. The van der Waals surface area contributed by atoms with Crippen molar-refractivity contribution in [2.45, 2.75) is 12.8 Å². The van der Waals surface area contributed by atoms with Crippen molar-refractivity contribution in [1.82, 2.24) is 19.5 Å². The van der Waals surface area contributed by atoms with Crippen LogP contribution >= 0.6 is 0 Å². The summed E-state index contributed by atoms with van der Waals surface area (Å²) >= 11 is 0. The Kier molecular flexibility index (Phi) is 4.00. The van der Waals surface area contributed by atoms with E-state index in [9.17, 15) is 4.79 Å². The number of nitrogen functional groups attached to an aromatic ring is 1. The number of imidazole rings is 1. The molecule has 2 aromatic rings. The smallest absolute Gasteiger partial charge is 0.327 e. The third-order valence-electron chi connectivity index (χ3n) is 2.83. The lowest BCUT2D eigenvalue weighted by Crippen LogP contribution is -2.12. The molecule has 0 unspecified atom stereocenters. The molecule has 0 radical (unpaired) electrons. The van der Waals surface area contributed by atoms with Crippen molar-refractivity contribution in [2.24, 2.45) is 7.05 Å². The second kappa shape index (κ2) is 5.70. The molecule has 3 heterocycles. The molecular formula is C11H18N6O2. The normalized spacial score (nSPS) is 14.2. The zero-order valence-electron chi connectivity index (χ0n) is 11.1. The Balaban J connectivity index is 0.000000224. The summed E-state index contributed by atoms with van der Waals surface area (Å²) in [6.45, 7) is 2.00. The number of fused-ring (bicyclic) bond motifs is 1. The average molecular weight is 266 g/mol. The van der Waals surface area contributed by atoms with Crippen LogP contribution < -0.4 is 16.7 Å². The van der Waals surface area contributed by atoms with Crippen LogP contribution in [0, 0.1) is 0 Å². The highest BCUT2D eigenvalue weighted by Gasteiger charge is 2.10. The fourth-order valence-electron chi connectivity index (χ4n) is 1.85. The molecule has 0 bridgehead atoms. The van der Waals surface area contributed by atoms with Gasteiger partial charge in [-0.3, -0.25) is 9.55 Å². The molecule has 1 aliphatic heterocycles. The van der Waals surface area contributed by atoms with E-state index in [1.165, 1.54) is 17.4 Å². The first-order valence-corrected chi connectivity index (χ1v) is 6.11. The van der Waals surface area contributed by atoms with E-state index in [1.807, 2.05) is 0 Å². The summed E-state index contributed by atoms with van der Waals surface area (Å²) in [5.74, 6) is 0.664.